The molecule has 0 amide bonds. The summed E-state index contributed by atoms with van der Waals surface area (Å²) in [7, 11) is 0. The van der Waals surface area contributed by atoms with E-state index in [1.54, 1.807) is 0 Å². The molecule has 0 bridgehead atoms. The Labute approximate surface area is 138 Å². The second-order valence-corrected chi connectivity index (χ2v) is 7.08. The summed E-state index contributed by atoms with van der Waals surface area (Å²) in [6, 6.07) is 0. The molecule has 1 unspecified atom stereocenters. The van der Waals surface area contributed by atoms with Gasteiger partial charge < -0.3 is 10.4 Å². The van der Waals surface area contributed by atoms with Crippen LogP contribution < -0.4 is 5.32 Å². The molecule has 2 N–H and O–H groups in total. The molecule has 1 saturated carbocycles. The molecule has 2 fully saturated rings. The van der Waals surface area contributed by atoms with E-state index < -0.39 is 0 Å². The van der Waals surface area contributed by atoms with E-state index in [2.05, 4.69) is 26.1 Å². The molecular weight excluding hydrogens is 274 g/mol. The lowest BCUT2D eigenvalue weighted by Crippen LogP contribution is -2.26. The summed E-state index contributed by atoms with van der Waals surface area (Å²) in [6.45, 7) is 10.5. The number of carbonyl (C=O) groups excluding carboxylic acids is 1. The van der Waals surface area contributed by atoms with Crippen LogP contribution in [-0.4, -0.2) is 30.6 Å². The van der Waals surface area contributed by atoms with Gasteiger partial charge >= 0.3 is 0 Å². The predicted octanol–water partition coefficient (Wildman–Crippen LogP) is 4.19. The molecule has 1 heterocycles. The van der Waals surface area contributed by atoms with Crippen LogP contribution in [-0.2, 0) is 4.79 Å². The summed E-state index contributed by atoms with van der Waals surface area (Å²) in [5.41, 5.74) is 0. The molecule has 22 heavy (non-hydrogen) atoms. The Kier molecular flexibility index (Phi) is 13.9. The highest BCUT2D eigenvalue weighted by atomic mass is 16.3. The molecular formula is C19H39NO2. The fraction of sp³-hybridized carbons (Fsp3) is 0.947. The Bertz CT molecular complexity index is 256. The largest absolute Gasteiger partial charge is 0.389 e. The van der Waals surface area contributed by atoms with Crippen molar-refractivity contribution in [2.24, 2.45) is 17.8 Å². The average molecular weight is 314 g/mol. The van der Waals surface area contributed by atoms with Gasteiger partial charge in [-0.1, -0.05) is 59.3 Å². The molecule has 0 aromatic rings. The van der Waals surface area contributed by atoms with Crippen molar-refractivity contribution >= 4 is 5.78 Å². The van der Waals surface area contributed by atoms with Crippen molar-refractivity contribution in [1.82, 2.24) is 5.32 Å². The van der Waals surface area contributed by atoms with Crippen LogP contribution in [0.25, 0.3) is 0 Å². The maximum atomic E-state index is 9.56. The molecule has 1 aliphatic carbocycles. The molecule has 0 aromatic heterocycles. The maximum Gasteiger partial charge on any atom is 0.155 e. The lowest BCUT2D eigenvalue weighted by Gasteiger charge is -2.26. The van der Waals surface area contributed by atoms with Crippen LogP contribution >= 0.6 is 0 Å². The topological polar surface area (TPSA) is 49.3 Å². The lowest BCUT2D eigenvalue weighted by molar-refractivity contribution is -0.119. The van der Waals surface area contributed by atoms with Crippen LogP contribution in [0, 0.1) is 17.8 Å². The number of carbonyl (C=O) groups is 1. The molecule has 132 valence electrons. The van der Waals surface area contributed by atoms with E-state index in [0.29, 0.717) is 0 Å². The van der Waals surface area contributed by atoms with Gasteiger partial charge in [-0.15, -0.1) is 0 Å². The molecule has 0 aromatic carbocycles. The molecule has 3 nitrogen and oxygen atoms in total. The molecule has 1 aliphatic heterocycles. The van der Waals surface area contributed by atoms with Gasteiger partial charge in [0.1, 0.15) is 6.61 Å². The summed E-state index contributed by atoms with van der Waals surface area (Å²) in [5, 5.41) is 11.1. The third-order valence-corrected chi connectivity index (χ3v) is 4.95. The Hall–Kier alpha value is -0.410. The molecule has 0 spiro atoms. The first-order valence-corrected chi connectivity index (χ1v) is 9.32. The van der Waals surface area contributed by atoms with Gasteiger partial charge in [-0.3, -0.25) is 4.79 Å². The monoisotopic (exact) mass is 313 g/mol. The highest BCUT2D eigenvalue weighted by Crippen LogP contribution is 2.30. The van der Waals surface area contributed by atoms with Gasteiger partial charge in [0.15, 0.2) is 5.78 Å². The van der Waals surface area contributed by atoms with Crippen LogP contribution in [0.5, 0.6) is 0 Å². The van der Waals surface area contributed by atoms with Crippen molar-refractivity contribution in [3.05, 3.63) is 0 Å². The standard InChI is InChI=1S/C10H20.C6H13N.C3H6O2/c1-3-9(2)10-7-5-4-6-8-10;1-6-2-4-7-5-3-6;1-3(5)2-4/h9-10H,3-8H2,1-2H3;6-7H,2-5H2,1H3;4H,2H2,1H3. The number of Topliss-reactive ketones (excluding diaryl/α,β-unsaturated/α-hetero) is 1. The minimum Gasteiger partial charge on any atom is -0.389 e. The quantitative estimate of drug-likeness (QED) is 0.821. The number of ketones is 1. The van der Waals surface area contributed by atoms with Crippen molar-refractivity contribution in [3.63, 3.8) is 0 Å². The molecule has 2 aliphatic rings. The van der Waals surface area contributed by atoms with Crippen molar-refractivity contribution in [1.29, 1.82) is 0 Å². The normalized spacial score (nSPS) is 21.0. The van der Waals surface area contributed by atoms with Gasteiger partial charge in [0.25, 0.3) is 0 Å². The van der Waals surface area contributed by atoms with Crippen molar-refractivity contribution in [2.75, 3.05) is 19.7 Å². The van der Waals surface area contributed by atoms with E-state index >= 15 is 0 Å². The summed E-state index contributed by atoms with van der Waals surface area (Å²) < 4.78 is 0. The smallest absolute Gasteiger partial charge is 0.155 e. The zero-order valence-corrected chi connectivity index (χ0v) is 15.4. The SMILES string of the molecule is CC(=O)CO.CC1CCNCC1.CCC(C)C1CCCCC1. The number of rotatable bonds is 3. The Balaban J connectivity index is 0.000000322. The Morgan fingerprint density at radius 3 is 1.95 bits per heavy atom. The highest BCUT2D eigenvalue weighted by molar-refractivity contribution is 5.76. The number of piperidine rings is 1. The summed E-state index contributed by atoms with van der Waals surface area (Å²) in [4.78, 5) is 9.56. The van der Waals surface area contributed by atoms with Crippen LogP contribution in [0.4, 0.5) is 0 Å². The second kappa shape index (κ2) is 14.2. The van der Waals surface area contributed by atoms with Crippen molar-refractivity contribution in [2.45, 2.75) is 79.1 Å². The van der Waals surface area contributed by atoms with E-state index in [9.17, 15) is 4.79 Å². The third kappa shape index (κ3) is 12.2. The maximum absolute atomic E-state index is 9.56. The van der Waals surface area contributed by atoms with Gasteiger partial charge in [-0.05, 0) is 50.6 Å². The van der Waals surface area contributed by atoms with Crippen LogP contribution in [0.3, 0.4) is 0 Å². The van der Waals surface area contributed by atoms with Crippen LogP contribution in [0.1, 0.15) is 79.1 Å². The van der Waals surface area contributed by atoms with Crippen molar-refractivity contribution in [3.8, 4) is 0 Å². The Morgan fingerprint density at radius 2 is 1.64 bits per heavy atom. The van der Waals surface area contributed by atoms with E-state index in [4.69, 9.17) is 5.11 Å². The number of aliphatic hydroxyl groups is 1. The fourth-order valence-corrected chi connectivity index (χ4v) is 3.00. The van der Waals surface area contributed by atoms with Crippen LogP contribution in [0.15, 0.2) is 0 Å². The average Bonchev–Trinajstić information content (AvgIpc) is 2.56. The number of nitrogens with one attached hydrogen (secondary N) is 1. The zero-order chi connectivity index (χ0) is 16.8. The zero-order valence-electron chi connectivity index (χ0n) is 15.4. The number of hydrogen-bond donors (Lipinski definition) is 2. The van der Waals surface area contributed by atoms with Gasteiger partial charge in [-0.2, -0.15) is 0 Å². The molecule has 0 radical (unpaired) electrons. The van der Waals surface area contributed by atoms with Gasteiger partial charge in [0.05, 0.1) is 0 Å². The Morgan fingerprint density at radius 1 is 1.14 bits per heavy atom. The molecule has 1 saturated heterocycles. The second-order valence-electron chi connectivity index (χ2n) is 7.08. The van der Waals surface area contributed by atoms with E-state index in [0.717, 1.165) is 17.8 Å². The van der Waals surface area contributed by atoms with Crippen molar-refractivity contribution < 1.29 is 9.90 Å². The summed E-state index contributed by atoms with van der Waals surface area (Å²) >= 11 is 0. The first kappa shape index (κ1) is 21.6. The minimum absolute atomic E-state index is 0.190. The first-order valence-electron chi connectivity index (χ1n) is 9.32. The van der Waals surface area contributed by atoms with Gasteiger partial charge in [0, 0.05) is 0 Å². The van der Waals surface area contributed by atoms with Gasteiger partial charge in [-0.25, -0.2) is 0 Å². The number of aliphatic hydroxyl groups excluding tert-OH is 1. The summed E-state index contributed by atoms with van der Waals surface area (Å²) in [6.07, 6.45) is 11.6. The van der Waals surface area contributed by atoms with E-state index in [1.807, 2.05) is 0 Å². The molecule has 3 heteroatoms. The van der Waals surface area contributed by atoms with E-state index in [-0.39, 0.29) is 12.4 Å². The lowest BCUT2D eigenvalue weighted by atomic mass is 9.80. The highest BCUT2D eigenvalue weighted by Gasteiger charge is 2.17. The van der Waals surface area contributed by atoms with Crippen LogP contribution in [0.2, 0.25) is 0 Å². The van der Waals surface area contributed by atoms with Gasteiger partial charge in [0.2, 0.25) is 0 Å². The summed E-state index contributed by atoms with van der Waals surface area (Å²) in [5.74, 6) is 2.84. The molecule has 1 atom stereocenters. The third-order valence-electron chi connectivity index (χ3n) is 4.95. The van der Waals surface area contributed by atoms with E-state index in [1.165, 1.54) is 71.4 Å². The number of hydrogen-bond acceptors (Lipinski definition) is 3. The fourth-order valence-electron chi connectivity index (χ4n) is 3.00. The predicted molar refractivity (Wildman–Crippen MR) is 95.1 cm³/mol. The first-order chi connectivity index (χ1) is 10.5. The minimum atomic E-state index is -0.333. The molecule has 2 rings (SSSR count).